The fourth-order valence-electron chi connectivity index (χ4n) is 6.14. The van der Waals surface area contributed by atoms with Gasteiger partial charge in [0.15, 0.2) is 6.10 Å². The van der Waals surface area contributed by atoms with E-state index in [2.05, 4.69) is 123 Å². The molecule has 0 amide bonds. The molecule has 0 aromatic heterocycles. The molecule has 368 valence electrons. The fraction of sp³-hybridized carbons (Fsp3) is 0.625. The highest BCUT2D eigenvalue weighted by molar-refractivity contribution is 5.71. The summed E-state index contributed by atoms with van der Waals surface area (Å²) in [5.74, 6) is -2.09. The van der Waals surface area contributed by atoms with E-state index in [0.29, 0.717) is 17.4 Å². The molecule has 0 saturated heterocycles. The molecular formula is C56H92NO8+. The van der Waals surface area contributed by atoms with Gasteiger partial charge in [0.25, 0.3) is 6.29 Å². The van der Waals surface area contributed by atoms with Gasteiger partial charge in [-0.15, -0.1) is 0 Å². The molecule has 0 aromatic carbocycles. The van der Waals surface area contributed by atoms with Crippen molar-refractivity contribution < 1.29 is 42.9 Å². The van der Waals surface area contributed by atoms with Crippen molar-refractivity contribution >= 4 is 17.9 Å². The maximum Gasteiger partial charge on any atom is 0.361 e. The zero-order valence-corrected chi connectivity index (χ0v) is 41.6. The molecule has 0 spiro atoms. The van der Waals surface area contributed by atoms with Crippen LogP contribution in [0.4, 0.5) is 0 Å². The smallest absolute Gasteiger partial charge is 0.361 e. The van der Waals surface area contributed by atoms with Gasteiger partial charge in [0.2, 0.25) is 0 Å². The third kappa shape index (κ3) is 47.7. The van der Waals surface area contributed by atoms with E-state index in [1.165, 1.54) is 25.7 Å². The molecule has 0 aliphatic heterocycles. The summed E-state index contributed by atoms with van der Waals surface area (Å²) in [5, 5.41) is 9.66. The van der Waals surface area contributed by atoms with Crippen molar-refractivity contribution in [2.45, 2.75) is 180 Å². The lowest BCUT2D eigenvalue weighted by Gasteiger charge is -2.25. The highest BCUT2D eigenvalue weighted by atomic mass is 16.7. The number of carbonyl (C=O) groups is 3. The second-order valence-corrected chi connectivity index (χ2v) is 17.4. The van der Waals surface area contributed by atoms with Crippen molar-refractivity contribution in [2.75, 3.05) is 47.5 Å². The Balaban J connectivity index is 4.48. The summed E-state index contributed by atoms with van der Waals surface area (Å²) in [5.41, 5.74) is 0. The Morgan fingerprint density at radius 2 is 0.877 bits per heavy atom. The molecule has 0 radical (unpaired) electrons. The molecule has 1 N–H and O–H groups in total. The number of esters is 2. The van der Waals surface area contributed by atoms with Gasteiger partial charge in [-0.05, 0) is 103 Å². The number of carboxylic acids is 1. The van der Waals surface area contributed by atoms with Crippen LogP contribution in [0.1, 0.15) is 168 Å². The molecule has 0 saturated carbocycles. The third-order valence-electron chi connectivity index (χ3n) is 10.0. The SMILES string of the molecule is CC/C=C\C/C=C\C/C=C\C/C=C\C/C=C\C/C=C\C/C=C\CCCCCC(=O)OC(COC(=O)CCCCCCC/C=C\C/C=C\CCCCC)COC(OCC[N+](C)(C)C)C(=O)O. The monoisotopic (exact) mass is 907 g/mol. The van der Waals surface area contributed by atoms with E-state index in [0.717, 1.165) is 109 Å². The van der Waals surface area contributed by atoms with Crippen molar-refractivity contribution in [1.82, 2.24) is 0 Å². The Morgan fingerprint density at radius 1 is 0.477 bits per heavy atom. The molecule has 0 aliphatic rings. The van der Waals surface area contributed by atoms with Crippen LogP contribution in [-0.4, -0.2) is 87.4 Å². The second-order valence-electron chi connectivity index (χ2n) is 17.4. The molecular weight excluding hydrogens is 815 g/mol. The quantitative estimate of drug-likeness (QED) is 0.0212. The van der Waals surface area contributed by atoms with E-state index in [9.17, 15) is 19.5 Å². The molecule has 0 aromatic rings. The Morgan fingerprint density at radius 3 is 1.32 bits per heavy atom. The number of hydrogen-bond acceptors (Lipinski definition) is 7. The summed E-state index contributed by atoms with van der Waals surface area (Å²) < 4.78 is 22.7. The molecule has 9 nitrogen and oxygen atoms in total. The number of quaternary nitrogens is 1. The number of hydrogen-bond donors (Lipinski definition) is 1. The molecule has 0 fully saturated rings. The normalized spacial score (nSPS) is 13.8. The Hall–Kier alpha value is -4.05. The maximum absolute atomic E-state index is 12.8. The van der Waals surface area contributed by atoms with Crippen LogP contribution in [0, 0.1) is 0 Å². The number of allylic oxidation sites excluding steroid dienone is 18. The number of aliphatic carboxylic acids is 1. The van der Waals surface area contributed by atoms with Crippen LogP contribution >= 0.6 is 0 Å². The van der Waals surface area contributed by atoms with E-state index >= 15 is 0 Å². The molecule has 65 heavy (non-hydrogen) atoms. The van der Waals surface area contributed by atoms with Gasteiger partial charge in [-0.3, -0.25) is 9.59 Å². The molecule has 2 atom stereocenters. The zero-order valence-electron chi connectivity index (χ0n) is 41.6. The molecule has 0 heterocycles. The van der Waals surface area contributed by atoms with Crippen molar-refractivity contribution in [1.29, 1.82) is 0 Å². The van der Waals surface area contributed by atoms with Crippen molar-refractivity contribution in [3.63, 3.8) is 0 Å². The lowest BCUT2D eigenvalue weighted by Crippen LogP contribution is -2.40. The average Bonchev–Trinajstić information content (AvgIpc) is 3.27. The van der Waals surface area contributed by atoms with Crippen LogP contribution in [0.25, 0.3) is 0 Å². The average molecular weight is 907 g/mol. The van der Waals surface area contributed by atoms with Gasteiger partial charge >= 0.3 is 17.9 Å². The minimum absolute atomic E-state index is 0.172. The first-order valence-electron chi connectivity index (χ1n) is 25.1. The Labute approximate surface area is 396 Å². The van der Waals surface area contributed by atoms with Gasteiger partial charge in [0.05, 0.1) is 34.4 Å². The number of unbranched alkanes of at least 4 members (excludes halogenated alkanes) is 11. The Kier molecular flexibility index (Phi) is 43.6. The van der Waals surface area contributed by atoms with Crippen LogP contribution in [0.2, 0.25) is 0 Å². The Bertz CT molecular complexity index is 1430. The summed E-state index contributed by atoms with van der Waals surface area (Å²) in [6.45, 7) is 4.65. The lowest BCUT2D eigenvalue weighted by atomic mass is 10.1. The van der Waals surface area contributed by atoms with Gasteiger partial charge in [-0.25, -0.2) is 4.79 Å². The summed E-state index contributed by atoms with van der Waals surface area (Å²) in [6.07, 6.45) is 60.1. The topological polar surface area (TPSA) is 108 Å². The summed E-state index contributed by atoms with van der Waals surface area (Å²) in [6, 6.07) is 0. The zero-order chi connectivity index (χ0) is 47.7. The first kappa shape index (κ1) is 60.9. The molecule has 0 rings (SSSR count). The van der Waals surface area contributed by atoms with E-state index in [1.807, 2.05) is 21.1 Å². The first-order valence-corrected chi connectivity index (χ1v) is 25.1. The first-order chi connectivity index (χ1) is 31.6. The maximum atomic E-state index is 12.8. The number of carbonyl (C=O) groups excluding carboxylic acids is 2. The van der Waals surface area contributed by atoms with E-state index < -0.39 is 24.3 Å². The van der Waals surface area contributed by atoms with E-state index in [4.69, 9.17) is 18.9 Å². The number of likely N-dealkylation sites (N-methyl/N-ethyl adjacent to an activating group) is 1. The fourth-order valence-corrected chi connectivity index (χ4v) is 6.14. The lowest BCUT2D eigenvalue weighted by molar-refractivity contribution is -0.870. The highest BCUT2D eigenvalue weighted by Gasteiger charge is 2.25. The van der Waals surface area contributed by atoms with Crippen LogP contribution < -0.4 is 0 Å². The van der Waals surface area contributed by atoms with Crippen molar-refractivity contribution in [3.05, 3.63) is 109 Å². The second kappa shape index (κ2) is 46.5. The van der Waals surface area contributed by atoms with E-state index in [1.54, 1.807) is 0 Å². The van der Waals surface area contributed by atoms with Crippen LogP contribution in [0.15, 0.2) is 109 Å². The van der Waals surface area contributed by atoms with Gasteiger partial charge in [-0.1, -0.05) is 162 Å². The van der Waals surface area contributed by atoms with E-state index in [-0.39, 0.29) is 38.6 Å². The van der Waals surface area contributed by atoms with Gasteiger partial charge in [0, 0.05) is 12.8 Å². The number of carboxylic acid groups (broad SMARTS) is 1. The summed E-state index contributed by atoms with van der Waals surface area (Å²) >= 11 is 0. The van der Waals surface area contributed by atoms with Crippen LogP contribution in [0.3, 0.4) is 0 Å². The van der Waals surface area contributed by atoms with Crippen LogP contribution in [-0.2, 0) is 33.3 Å². The number of ether oxygens (including phenoxy) is 4. The minimum atomic E-state index is -1.53. The predicted octanol–water partition coefficient (Wildman–Crippen LogP) is 14.0. The number of nitrogens with zero attached hydrogens (tertiary/aromatic N) is 1. The summed E-state index contributed by atoms with van der Waals surface area (Å²) in [7, 11) is 5.93. The largest absolute Gasteiger partial charge is 0.477 e. The van der Waals surface area contributed by atoms with Gasteiger partial charge in [-0.2, -0.15) is 0 Å². The molecule has 2 unspecified atom stereocenters. The molecule has 0 aliphatic carbocycles. The van der Waals surface area contributed by atoms with Crippen molar-refractivity contribution in [2.24, 2.45) is 0 Å². The van der Waals surface area contributed by atoms with Crippen molar-refractivity contribution in [3.8, 4) is 0 Å². The third-order valence-corrected chi connectivity index (χ3v) is 10.0. The summed E-state index contributed by atoms with van der Waals surface area (Å²) in [4.78, 5) is 37.2. The molecule has 0 bridgehead atoms. The minimum Gasteiger partial charge on any atom is -0.477 e. The highest BCUT2D eigenvalue weighted by Crippen LogP contribution is 2.12. The van der Waals surface area contributed by atoms with Gasteiger partial charge in [0.1, 0.15) is 13.2 Å². The standard InChI is InChI=1S/C56H91NO8/c1-6-8-10-12-14-16-18-20-22-23-24-25-26-27-28-29-30-31-33-35-37-39-41-43-45-47-54(59)65-52(51-64-56(55(60)61)62-49-48-57(3,4)5)50-63-53(58)46-44-42-40-38-36-34-32-21-19-17-15-13-11-9-7-2/h8,10,14-17,20-22,24-25,27-28,30-32,35,37,52,56H,6-7,9,11-13,18-19,23,26,29,33-34,36,38-51H2,1-5H3/p+1/b10-8-,16-14-,17-15-,22-20-,25-24-,28-27-,31-30-,32-21-,37-35-. The van der Waals surface area contributed by atoms with Crippen LogP contribution in [0.5, 0.6) is 0 Å². The predicted molar refractivity (Wildman–Crippen MR) is 271 cm³/mol. The molecule has 9 heteroatoms. The van der Waals surface area contributed by atoms with Gasteiger partial charge < -0.3 is 28.5 Å². The number of rotatable bonds is 44.